The van der Waals surface area contributed by atoms with Crippen LogP contribution in [0, 0.1) is 6.92 Å². The molecule has 0 spiro atoms. The number of nitrogens with two attached hydrogens (primary N) is 1. The standard InChI is InChI=1S/C10H13BrF2N2O2S.ClH/c1-7-2-8(11)4-9(3-7)18(16,17)15-6-10(12,13)5-14;/h2-4,15H,5-6,14H2,1H3;1H. The SMILES string of the molecule is Cc1cc(Br)cc(S(=O)(=O)NCC(F)(F)CN)c1.Cl. The summed E-state index contributed by atoms with van der Waals surface area (Å²) >= 11 is 3.15. The molecule has 0 aliphatic carbocycles. The summed E-state index contributed by atoms with van der Waals surface area (Å²) in [5.74, 6) is -3.26. The fourth-order valence-electron chi connectivity index (χ4n) is 1.21. The molecular weight excluding hydrogens is 366 g/mol. The van der Waals surface area contributed by atoms with Gasteiger partial charge in [-0.1, -0.05) is 15.9 Å². The lowest BCUT2D eigenvalue weighted by atomic mass is 10.2. The van der Waals surface area contributed by atoms with Gasteiger partial charge in [0.1, 0.15) is 0 Å². The second-order valence-corrected chi connectivity index (χ2v) is 6.53. The minimum Gasteiger partial charge on any atom is -0.325 e. The lowest BCUT2D eigenvalue weighted by Gasteiger charge is -2.15. The molecule has 0 aliphatic rings. The van der Waals surface area contributed by atoms with Gasteiger partial charge in [0.2, 0.25) is 10.0 Å². The number of benzene rings is 1. The van der Waals surface area contributed by atoms with E-state index in [9.17, 15) is 17.2 Å². The smallest absolute Gasteiger partial charge is 0.273 e. The molecule has 0 aliphatic heterocycles. The first-order valence-corrected chi connectivity index (χ1v) is 7.29. The van der Waals surface area contributed by atoms with Gasteiger partial charge < -0.3 is 5.73 Å². The largest absolute Gasteiger partial charge is 0.325 e. The van der Waals surface area contributed by atoms with Gasteiger partial charge in [0, 0.05) is 4.47 Å². The summed E-state index contributed by atoms with van der Waals surface area (Å²) in [6.45, 7) is -0.220. The minimum absolute atomic E-state index is 0. The summed E-state index contributed by atoms with van der Waals surface area (Å²) in [4.78, 5) is -0.0674. The van der Waals surface area contributed by atoms with Gasteiger partial charge in [0.05, 0.1) is 18.0 Å². The molecular formula is C10H14BrClF2N2O2S. The van der Waals surface area contributed by atoms with Crippen molar-refractivity contribution in [3.8, 4) is 0 Å². The van der Waals surface area contributed by atoms with Crippen molar-refractivity contribution < 1.29 is 17.2 Å². The molecule has 1 aromatic carbocycles. The minimum atomic E-state index is -3.96. The number of alkyl halides is 2. The van der Waals surface area contributed by atoms with Crippen molar-refractivity contribution in [2.75, 3.05) is 13.1 Å². The second-order valence-electron chi connectivity index (χ2n) is 3.85. The highest BCUT2D eigenvalue weighted by Crippen LogP contribution is 2.19. The number of sulfonamides is 1. The summed E-state index contributed by atoms with van der Waals surface area (Å²) in [5, 5.41) is 0. The van der Waals surface area contributed by atoms with Crippen LogP contribution in [0.3, 0.4) is 0 Å². The van der Waals surface area contributed by atoms with E-state index in [2.05, 4.69) is 15.9 Å². The first kappa shape index (κ1) is 18.7. The van der Waals surface area contributed by atoms with Crippen molar-refractivity contribution in [2.45, 2.75) is 17.7 Å². The van der Waals surface area contributed by atoms with E-state index in [0.29, 0.717) is 10.0 Å². The van der Waals surface area contributed by atoms with Crippen LogP contribution >= 0.6 is 28.3 Å². The average molecular weight is 380 g/mol. The summed E-state index contributed by atoms with van der Waals surface area (Å²) in [6.07, 6.45) is 0. The fraction of sp³-hybridized carbons (Fsp3) is 0.400. The van der Waals surface area contributed by atoms with Crippen LogP contribution < -0.4 is 10.5 Å². The Morgan fingerprint density at radius 2 is 1.95 bits per heavy atom. The van der Waals surface area contributed by atoms with Crippen molar-refractivity contribution in [3.63, 3.8) is 0 Å². The number of nitrogens with one attached hydrogen (secondary N) is 1. The molecule has 0 unspecified atom stereocenters. The van der Waals surface area contributed by atoms with Crippen LogP contribution in [0.4, 0.5) is 8.78 Å². The van der Waals surface area contributed by atoms with E-state index in [4.69, 9.17) is 5.73 Å². The van der Waals surface area contributed by atoms with Crippen molar-refractivity contribution in [1.29, 1.82) is 0 Å². The zero-order chi connectivity index (χ0) is 14.0. The monoisotopic (exact) mass is 378 g/mol. The number of rotatable bonds is 5. The molecule has 0 saturated heterocycles. The molecule has 0 fully saturated rings. The Balaban J connectivity index is 0.00000324. The summed E-state index contributed by atoms with van der Waals surface area (Å²) < 4.78 is 51.8. The van der Waals surface area contributed by atoms with Gasteiger partial charge in [-0.15, -0.1) is 12.4 Å². The molecule has 0 saturated carbocycles. The zero-order valence-electron chi connectivity index (χ0n) is 9.99. The van der Waals surface area contributed by atoms with Crippen LogP contribution in [0.15, 0.2) is 27.6 Å². The van der Waals surface area contributed by atoms with Crippen LogP contribution in [-0.2, 0) is 10.0 Å². The summed E-state index contributed by atoms with van der Waals surface area (Å²) in [6, 6.07) is 4.46. The number of halogens is 4. The quantitative estimate of drug-likeness (QED) is 0.822. The average Bonchev–Trinajstić information content (AvgIpc) is 2.25. The molecule has 0 radical (unpaired) electrons. The van der Waals surface area contributed by atoms with E-state index in [-0.39, 0.29) is 17.3 Å². The maximum Gasteiger partial charge on any atom is 0.273 e. The Kier molecular flexibility index (Phi) is 6.84. The third kappa shape index (κ3) is 5.70. The second kappa shape index (κ2) is 6.94. The van der Waals surface area contributed by atoms with Crippen LogP contribution in [0.2, 0.25) is 0 Å². The molecule has 1 rings (SSSR count). The van der Waals surface area contributed by atoms with Crippen molar-refractivity contribution in [1.82, 2.24) is 4.72 Å². The molecule has 0 aromatic heterocycles. The predicted octanol–water partition coefficient (Wildman–Crippen LogP) is 2.05. The normalized spacial score (nSPS) is 12.1. The van der Waals surface area contributed by atoms with E-state index in [1.807, 2.05) is 4.72 Å². The Hall–Kier alpha value is -0.280. The molecule has 0 atom stereocenters. The van der Waals surface area contributed by atoms with Crippen molar-refractivity contribution >= 4 is 38.4 Å². The maximum absolute atomic E-state index is 12.9. The van der Waals surface area contributed by atoms with Gasteiger partial charge in [-0.25, -0.2) is 21.9 Å². The number of hydrogen-bond donors (Lipinski definition) is 2. The molecule has 1 aromatic rings. The molecule has 3 N–H and O–H groups in total. The van der Waals surface area contributed by atoms with Crippen LogP contribution in [0.5, 0.6) is 0 Å². The van der Waals surface area contributed by atoms with Crippen molar-refractivity contribution in [2.24, 2.45) is 5.73 Å². The fourth-order valence-corrected chi connectivity index (χ4v) is 3.16. The Labute approximate surface area is 125 Å². The first-order valence-electron chi connectivity index (χ1n) is 5.01. The van der Waals surface area contributed by atoms with E-state index in [1.54, 1.807) is 13.0 Å². The van der Waals surface area contributed by atoms with Gasteiger partial charge in [-0.3, -0.25) is 0 Å². The molecule has 9 heteroatoms. The molecule has 0 bridgehead atoms. The van der Waals surface area contributed by atoms with E-state index >= 15 is 0 Å². The van der Waals surface area contributed by atoms with Crippen LogP contribution in [-0.4, -0.2) is 27.4 Å². The summed E-state index contributed by atoms with van der Waals surface area (Å²) in [7, 11) is -3.96. The number of aryl methyl sites for hydroxylation is 1. The highest BCUT2D eigenvalue weighted by molar-refractivity contribution is 9.10. The maximum atomic E-state index is 12.9. The van der Waals surface area contributed by atoms with Crippen molar-refractivity contribution in [3.05, 3.63) is 28.2 Å². The topological polar surface area (TPSA) is 72.2 Å². The highest BCUT2D eigenvalue weighted by Gasteiger charge is 2.29. The molecule has 0 amide bonds. The molecule has 110 valence electrons. The van der Waals surface area contributed by atoms with Gasteiger partial charge in [-0.2, -0.15) is 0 Å². The van der Waals surface area contributed by atoms with Crippen LogP contribution in [0.25, 0.3) is 0 Å². The molecule has 4 nitrogen and oxygen atoms in total. The summed E-state index contributed by atoms with van der Waals surface area (Å²) in [5.41, 5.74) is 5.53. The Morgan fingerprint density at radius 1 is 1.37 bits per heavy atom. The van der Waals surface area contributed by atoms with Gasteiger partial charge >= 0.3 is 0 Å². The third-order valence-corrected chi connectivity index (χ3v) is 3.98. The number of hydrogen-bond acceptors (Lipinski definition) is 3. The van der Waals surface area contributed by atoms with Gasteiger partial charge in [-0.05, 0) is 30.7 Å². The molecule has 0 heterocycles. The Bertz CT molecular complexity index is 520. The van der Waals surface area contributed by atoms with E-state index in [1.165, 1.54) is 12.1 Å². The first-order chi connectivity index (χ1) is 8.16. The lowest BCUT2D eigenvalue weighted by Crippen LogP contribution is -2.41. The zero-order valence-corrected chi connectivity index (χ0v) is 13.2. The van der Waals surface area contributed by atoms with E-state index < -0.39 is 29.0 Å². The molecule has 19 heavy (non-hydrogen) atoms. The van der Waals surface area contributed by atoms with Crippen LogP contribution in [0.1, 0.15) is 5.56 Å². The van der Waals surface area contributed by atoms with E-state index in [0.717, 1.165) is 0 Å². The van der Waals surface area contributed by atoms with Gasteiger partial charge in [0.15, 0.2) is 0 Å². The van der Waals surface area contributed by atoms with Gasteiger partial charge in [0.25, 0.3) is 5.92 Å². The third-order valence-electron chi connectivity index (χ3n) is 2.15. The Morgan fingerprint density at radius 3 is 2.42 bits per heavy atom. The lowest BCUT2D eigenvalue weighted by molar-refractivity contribution is 0.0170. The highest BCUT2D eigenvalue weighted by atomic mass is 79.9. The predicted molar refractivity (Wildman–Crippen MR) is 75.3 cm³/mol.